The number of halogens is 3. The van der Waals surface area contributed by atoms with Gasteiger partial charge in [0.1, 0.15) is 5.76 Å². The van der Waals surface area contributed by atoms with Gasteiger partial charge in [0, 0.05) is 10.5 Å². The predicted octanol–water partition coefficient (Wildman–Crippen LogP) is 5.68. The van der Waals surface area contributed by atoms with E-state index in [0.29, 0.717) is 28.7 Å². The molecule has 0 saturated carbocycles. The van der Waals surface area contributed by atoms with Gasteiger partial charge in [-0.2, -0.15) is 13.2 Å². The first kappa shape index (κ1) is 21.0. The van der Waals surface area contributed by atoms with Gasteiger partial charge in [0.25, 0.3) is 0 Å². The molecule has 0 amide bonds. The molecule has 1 heterocycles. The second-order valence-electron chi connectivity index (χ2n) is 6.29. The Morgan fingerprint density at radius 2 is 1.76 bits per heavy atom. The molecule has 0 aliphatic rings. The lowest BCUT2D eigenvalue weighted by Gasteiger charge is -2.06. The number of ether oxygens (including phenoxy) is 1. The van der Waals surface area contributed by atoms with Crippen molar-refractivity contribution in [3.63, 3.8) is 0 Å². The number of methoxy groups -OCH3 is 1. The van der Waals surface area contributed by atoms with Crippen molar-refractivity contribution >= 4 is 17.7 Å². The maximum atomic E-state index is 12.7. The standard InChI is InChI=1S/C21H18F3NO3S/c1-13-18(12-29-17-9-3-14(4-10-17)11-19(26)27-2)28-20(25-13)15-5-7-16(8-6-15)21(22,23)24/h3-10H,11-12H2,1-2H3. The number of thioether (sulfide) groups is 1. The minimum absolute atomic E-state index is 0.221. The van der Waals surface area contributed by atoms with Crippen LogP contribution in [-0.4, -0.2) is 18.1 Å². The van der Waals surface area contributed by atoms with Gasteiger partial charge in [0.05, 0.1) is 30.5 Å². The second kappa shape index (κ2) is 8.73. The van der Waals surface area contributed by atoms with Crippen LogP contribution in [0.1, 0.15) is 22.6 Å². The van der Waals surface area contributed by atoms with Gasteiger partial charge in [-0.05, 0) is 48.9 Å². The molecule has 8 heteroatoms. The quantitative estimate of drug-likeness (QED) is 0.379. The Morgan fingerprint density at radius 3 is 2.34 bits per heavy atom. The normalized spacial score (nSPS) is 11.5. The number of nitrogens with zero attached hydrogens (tertiary/aromatic N) is 1. The molecule has 0 unspecified atom stereocenters. The Labute approximate surface area is 170 Å². The minimum atomic E-state index is -4.38. The largest absolute Gasteiger partial charge is 0.469 e. The van der Waals surface area contributed by atoms with Crippen molar-refractivity contribution < 1.29 is 27.1 Å². The number of aryl methyl sites for hydroxylation is 1. The Hall–Kier alpha value is -2.74. The average Bonchev–Trinajstić information content (AvgIpc) is 3.07. The third kappa shape index (κ3) is 5.41. The first-order valence-electron chi connectivity index (χ1n) is 8.69. The fourth-order valence-corrected chi connectivity index (χ4v) is 3.47. The van der Waals surface area contributed by atoms with Gasteiger partial charge in [0.2, 0.25) is 5.89 Å². The molecule has 0 aliphatic carbocycles. The van der Waals surface area contributed by atoms with Crippen molar-refractivity contribution in [3.8, 4) is 11.5 Å². The van der Waals surface area contributed by atoms with Gasteiger partial charge in [0.15, 0.2) is 0 Å². The first-order chi connectivity index (χ1) is 13.8. The van der Waals surface area contributed by atoms with E-state index in [0.717, 1.165) is 22.6 Å². The minimum Gasteiger partial charge on any atom is -0.469 e. The predicted molar refractivity (Wildman–Crippen MR) is 103 cm³/mol. The fraction of sp³-hybridized carbons (Fsp3) is 0.238. The molecule has 1 aromatic heterocycles. The van der Waals surface area contributed by atoms with Gasteiger partial charge < -0.3 is 9.15 Å². The van der Waals surface area contributed by atoms with Crippen molar-refractivity contribution in [1.82, 2.24) is 4.98 Å². The van der Waals surface area contributed by atoms with Crippen molar-refractivity contribution in [3.05, 3.63) is 71.1 Å². The lowest BCUT2D eigenvalue weighted by Crippen LogP contribution is -2.03. The van der Waals surface area contributed by atoms with Crippen LogP contribution in [0.3, 0.4) is 0 Å². The molecule has 4 nitrogen and oxygen atoms in total. The molecule has 0 aliphatic heterocycles. The highest BCUT2D eigenvalue weighted by atomic mass is 32.2. The van der Waals surface area contributed by atoms with Gasteiger partial charge in [-0.25, -0.2) is 4.98 Å². The highest BCUT2D eigenvalue weighted by molar-refractivity contribution is 7.98. The summed E-state index contributed by atoms with van der Waals surface area (Å²) in [7, 11) is 1.35. The maximum Gasteiger partial charge on any atom is 0.416 e. The van der Waals surface area contributed by atoms with Gasteiger partial charge in [-0.1, -0.05) is 12.1 Å². The summed E-state index contributed by atoms with van der Waals surface area (Å²) in [5.41, 5.74) is 1.33. The Kier molecular flexibility index (Phi) is 6.32. The highest BCUT2D eigenvalue weighted by Crippen LogP contribution is 2.32. The number of hydrogen-bond acceptors (Lipinski definition) is 5. The van der Waals surface area contributed by atoms with E-state index in [9.17, 15) is 18.0 Å². The molecule has 0 N–H and O–H groups in total. The summed E-state index contributed by atoms with van der Waals surface area (Å²) in [5.74, 6) is 1.18. The lowest BCUT2D eigenvalue weighted by molar-refractivity contribution is -0.140. The smallest absolute Gasteiger partial charge is 0.416 e. The molecule has 0 spiro atoms. The molecule has 0 radical (unpaired) electrons. The van der Waals surface area contributed by atoms with Crippen LogP contribution in [-0.2, 0) is 27.9 Å². The highest BCUT2D eigenvalue weighted by Gasteiger charge is 2.30. The summed E-state index contributed by atoms with van der Waals surface area (Å²) in [6.07, 6.45) is -4.15. The SMILES string of the molecule is COC(=O)Cc1ccc(SCc2oc(-c3ccc(C(F)(F)F)cc3)nc2C)cc1. The first-order valence-corrected chi connectivity index (χ1v) is 9.67. The van der Waals surface area contributed by atoms with E-state index in [1.165, 1.54) is 31.0 Å². The Morgan fingerprint density at radius 1 is 1.10 bits per heavy atom. The zero-order valence-corrected chi connectivity index (χ0v) is 16.6. The van der Waals surface area contributed by atoms with E-state index in [-0.39, 0.29) is 12.4 Å². The fourth-order valence-electron chi connectivity index (χ4n) is 2.58. The maximum absolute atomic E-state index is 12.7. The molecule has 29 heavy (non-hydrogen) atoms. The van der Waals surface area contributed by atoms with Crippen LogP contribution < -0.4 is 0 Å². The number of aromatic nitrogens is 1. The average molecular weight is 421 g/mol. The number of carbonyl (C=O) groups is 1. The number of alkyl halides is 3. The summed E-state index contributed by atoms with van der Waals surface area (Å²) in [5, 5.41) is 0. The molecular weight excluding hydrogens is 403 g/mol. The van der Waals surface area contributed by atoms with Crippen molar-refractivity contribution in [2.45, 2.75) is 30.2 Å². The van der Waals surface area contributed by atoms with Crippen molar-refractivity contribution in [2.24, 2.45) is 0 Å². The van der Waals surface area contributed by atoms with E-state index in [4.69, 9.17) is 4.42 Å². The molecule has 3 aromatic rings. The van der Waals surface area contributed by atoms with Crippen molar-refractivity contribution in [2.75, 3.05) is 7.11 Å². The van der Waals surface area contributed by atoms with Crippen LogP contribution in [0.25, 0.3) is 11.5 Å². The summed E-state index contributed by atoms with van der Waals surface area (Å²) >= 11 is 1.54. The van der Waals surface area contributed by atoms with E-state index < -0.39 is 11.7 Å². The monoisotopic (exact) mass is 421 g/mol. The van der Waals surface area contributed by atoms with E-state index in [2.05, 4.69) is 9.72 Å². The number of benzene rings is 2. The molecule has 0 fully saturated rings. The van der Waals surface area contributed by atoms with Crippen LogP contribution in [0.2, 0.25) is 0 Å². The summed E-state index contributed by atoms with van der Waals surface area (Å²) < 4.78 is 48.5. The topological polar surface area (TPSA) is 52.3 Å². The van der Waals surface area contributed by atoms with Crippen LogP contribution >= 0.6 is 11.8 Å². The molecule has 0 atom stereocenters. The Balaban J connectivity index is 1.66. The van der Waals surface area contributed by atoms with Crippen LogP contribution in [0.4, 0.5) is 13.2 Å². The van der Waals surface area contributed by atoms with Crippen LogP contribution in [0.5, 0.6) is 0 Å². The molecule has 0 bridgehead atoms. The van der Waals surface area contributed by atoms with E-state index in [1.807, 2.05) is 24.3 Å². The van der Waals surface area contributed by atoms with Crippen molar-refractivity contribution in [1.29, 1.82) is 0 Å². The van der Waals surface area contributed by atoms with Crippen LogP contribution in [0.15, 0.2) is 57.8 Å². The molecule has 0 saturated heterocycles. The number of hydrogen-bond donors (Lipinski definition) is 0. The summed E-state index contributed by atoms with van der Waals surface area (Å²) in [6, 6.07) is 12.3. The van der Waals surface area contributed by atoms with Crippen LogP contribution in [0, 0.1) is 6.92 Å². The van der Waals surface area contributed by atoms with E-state index in [1.54, 1.807) is 6.92 Å². The van der Waals surface area contributed by atoms with E-state index >= 15 is 0 Å². The van der Waals surface area contributed by atoms with Gasteiger partial charge >= 0.3 is 12.1 Å². The molecule has 152 valence electrons. The number of esters is 1. The second-order valence-corrected chi connectivity index (χ2v) is 7.34. The number of oxazole rings is 1. The zero-order chi connectivity index (χ0) is 21.0. The summed E-state index contributed by atoms with van der Waals surface area (Å²) in [6.45, 7) is 1.80. The lowest BCUT2D eigenvalue weighted by atomic mass is 10.1. The van der Waals surface area contributed by atoms with Gasteiger partial charge in [-0.3, -0.25) is 4.79 Å². The number of carbonyl (C=O) groups excluding carboxylic acids is 1. The third-order valence-corrected chi connectivity index (χ3v) is 5.23. The molecule has 2 aromatic carbocycles. The molecule has 3 rings (SSSR count). The van der Waals surface area contributed by atoms with Gasteiger partial charge in [-0.15, -0.1) is 11.8 Å². The molecular formula is C21H18F3NO3S. The zero-order valence-electron chi connectivity index (χ0n) is 15.7. The third-order valence-electron chi connectivity index (χ3n) is 4.22. The Bertz CT molecular complexity index is 980. The number of rotatable bonds is 6. The summed E-state index contributed by atoms with van der Waals surface area (Å²) in [4.78, 5) is 16.6.